The zero-order chi connectivity index (χ0) is 73.5. The van der Waals surface area contributed by atoms with Crippen molar-refractivity contribution in [1.29, 1.82) is 5.26 Å². The maximum absolute atomic E-state index is 12.5. The number of hydrazone groups is 1. The number of aromatic nitrogens is 2. The summed E-state index contributed by atoms with van der Waals surface area (Å²) < 4.78 is 146. The van der Waals surface area contributed by atoms with E-state index in [9.17, 15) is 71.3 Å². The fraction of sp³-hybridized carbons (Fsp3) is 0.490. The summed E-state index contributed by atoms with van der Waals surface area (Å²) in [5.74, 6) is 3.40. The van der Waals surface area contributed by atoms with Crippen LogP contribution in [-0.2, 0) is 48.8 Å². The molecule has 0 unspecified atom stereocenters. The predicted octanol–water partition coefficient (Wildman–Crippen LogP) is 7.66. The molecule has 47 heteroatoms. The van der Waals surface area contributed by atoms with E-state index in [1.54, 1.807) is 91.9 Å². The second-order valence-electron chi connectivity index (χ2n) is 19.0. The van der Waals surface area contributed by atoms with Gasteiger partial charge in [-0.1, -0.05) is 93.1 Å². The summed E-state index contributed by atoms with van der Waals surface area (Å²) >= 11 is 9.02. The summed E-state index contributed by atoms with van der Waals surface area (Å²) in [6.07, 6.45) is -1.26. The van der Waals surface area contributed by atoms with E-state index in [2.05, 4.69) is 44.7 Å². The van der Waals surface area contributed by atoms with E-state index in [4.69, 9.17) is 37.4 Å². The Morgan fingerprint density at radius 2 is 1.17 bits per heavy atom. The van der Waals surface area contributed by atoms with Crippen LogP contribution in [0, 0.1) is 21.4 Å². The number of guanidine groups is 1. The van der Waals surface area contributed by atoms with Gasteiger partial charge in [-0.15, -0.1) is 11.3 Å². The molecule has 3 heterocycles. The Morgan fingerprint density at radius 3 is 1.50 bits per heavy atom. The number of thioether (sulfide) groups is 2. The smallest absolute Gasteiger partial charge is 0.361 e. The minimum absolute atomic E-state index is 0.00829. The van der Waals surface area contributed by atoms with Crippen LogP contribution in [0.1, 0.15) is 20.8 Å². The summed E-state index contributed by atoms with van der Waals surface area (Å²) in [5, 5.41) is 27.1. The molecule has 9 N–H and O–H groups in total. The molecular formula is C49H74ClF3N14O15S14. The van der Waals surface area contributed by atoms with Crippen LogP contribution in [0.2, 0.25) is 4.47 Å². The zero-order valence-electron chi connectivity index (χ0n) is 52.6. The second-order valence-corrected chi connectivity index (χ2v) is 41.8. The van der Waals surface area contributed by atoms with Crippen LogP contribution in [0.25, 0.3) is 0 Å². The highest BCUT2D eigenvalue weighted by molar-refractivity contribution is 9.09. The van der Waals surface area contributed by atoms with E-state index < -0.39 is 80.8 Å². The van der Waals surface area contributed by atoms with Crippen molar-refractivity contribution in [2.24, 2.45) is 16.6 Å². The molecule has 5 rings (SSSR count). The first-order valence-corrected chi connectivity index (χ1v) is 45.3. The number of nitrogens with zero attached hydrogens (tertiary/aromatic N) is 9. The number of hydrogen-bond donors (Lipinski definition) is 7. The SMILES string of the molecule is CN(C)C(CSC(N)=O)CSC(N)=O.CN(C)C(CSS(=O)(=O)O)CSS(=O)(=O)O.CN(C)C(CSS(=O)(=O)c1ccccc1)CSS(=O)(=O)c1ccccc1.CN(C)C1CSSSC1.CN/C(=N\[N+](=O)[O-])NCc1cnc(Cl)s1.N#CCNC(=O)c1cnccc1C(F)(F)F. The first kappa shape index (κ1) is 92.6. The fourth-order valence-electron chi connectivity index (χ4n) is 5.79. The van der Waals surface area contributed by atoms with Gasteiger partial charge in [-0.05, 0) is 140 Å². The van der Waals surface area contributed by atoms with Gasteiger partial charge in [0.2, 0.25) is 17.7 Å². The number of alkyl halides is 3. The number of carbonyl (C=O) groups is 3. The molecule has 542 valence electrons. The molecule has 0 spiro atoms. The Morgan fingerprint density at radius 1 is 0.740 bits per heavy atom. The monoisotopic (exact) mass is 1640 g/mol. The number of nitrogens with one attached hydrogen (secondary N) is 3. The van der Waals surface area contributed by atoms with Gasteiger partial charge < -0.3 is 47.0 Å². The van der Waals surface area contributed by atoms with Crippen LogP contribution >= 0.6 is 121 Å². The lowest BCUT2D eigenvalue weighted by Crippen LogP contribution is -2.34. The van der Waals surface area contributed by atoms with Crippen molar-refractivity contribution in [2.75, 3.05) is 116 Å². The van der Waals surface area contributed by atoms with Crippen LogP contribution in [0.3, 0.4) is 0 Å². The first-order chi connectivity index (χ1) is 44.5. The van der Waals surface area contributed by atoms with Gasteiger partial charge in [0.05, 0.1) is 33.5 Å². The van der Waals surface area contributed by atoms with Gasteiger partial charge in [-0.3, -0.25) is 28.5 Å². The molecule has 29 nitrogen and oxygen atoms in total. The van der Waals surface area contributed by atoms with E-state index >= 15 is 0 Å². The van der Waals surface area contributed by atoms with Gasteiger partial charge in [-0.2, -0.15) is 35.3 Å². The standard InChI is InChI=1S/C17H21NO4S4.C9H6F3N3O.C7H15N3O2S2.C6H8ClN5O2S.C5H13NO6S4.C5H11NS3/c1-18(2)15(13-23-25(19,20)16-9-5-3-6-10-16)14-24-26(21,22)17-11-7-4-8-12-17;10-9(11,12)7-1-3-14-5-6(7)8(16)15-4-2-13;1-10(2)5(3-13-6(8)11)4-14-7(9)12;1-8-6(11-12(13)14)10-3-4-2-9-5(7)15-4;1-6(2)5(3-13-15(7,8)9)4-14-16(10,11)12;1-6(2)5-3-7-9-8-4-5/h3-12,15H,13-14H2,1-2H3;1,3,5H,4H2,(H,15,16);5H,3-4H2,1-2H3,(H2,8,11)(H2,9,12);2H,3H2,1H3,(H2,8,10,11);5H,3-4H2,1-2H3,(H,7,8,9)(H,10,11,12);5H,3-4H2,1-2H3. The van der Waals surface area contributed by atoms with Crippen LogP contribution in [-0.4, -0.2) is 240 Å². The topological polar surface area (TPSA) is 434 Å². The fourth-order valence-corrected chi connectivity index (χ4v) is 23.0. The molecule has 0 atom stereocenters. The van der Waals surface area contributed by atoms with Crippen molar-refractivity contribution in [3.05, 3.63) is 116 Å². The molecule has 2 aromatic carbocycles. The number of primary amides is 2. The molecule has 4 aromatic rings. The van der Waals surface area contributed by atoms with Gasteiger partial charge in [-0.25, -0.2) is 31.9 Å². The number of pyridine rings is 1. The molecule has 1 saturated heterocycles. The van der Waals surface area contributed by atoms with Crippen LogP contribution in [0.15, 0.2) is 100 Å². The second kappa shape index (κ2) is 48.4. The molecule has 0 bridgehead atoms. The number of benzene rings is 2. The number of nitriles is 1. The third-order valence-corrected chi connectivity index (χ3v) is 29.7. The lowest BCUT2D eigenvalue weighted by atomic mass is 10.1. The summed E-state index contributed by atoms with van der Waals surface area (Å²) in [7, 11) is 9.49. The Labute approximate surface area is 601 Å². The molecule has 0 saturated carbocycles. The summed E-state index contributed by atoms with van der Waals surface area (Å²) in [6, 6.07) is 19.1. The molecule has 1 aliphatic rings. The average molecular weight is 1640 g/mol. The predicted molar refractivity (Wildman–Crippen MR) is 391 cm³/mol. The number of rotatable bonds is 27. The van der Waals surface area contributed by atoms with Crippen molar-refractivity contribution in [1.82, 2.24) is 45.5 Å². The van der Waals surface area contributed by atoms with Crippen molar-refractivity contribution < 1.29 is 75.4 Å². The highest BCUT2D eigenvalue weighted by atomic mass is 35.5. The van der Waals surface area contributed by atoms with Gasteiger partial charge >= 0.3 is 24.5 Å². The minimum atomic E-state index is -4.62. The maximum Gasteiger partial charge on any atom is 0.417 e. The van der Waals surface area contributed by atoms with Crippen molar-refractivity contribution in [2.45, 2.75) is 46.7 Å². The highest BCUT2D eigenvalue weighted by Gasteiger charge is 2.35. The Hall–Kier alpha value is -3.42. The van der Waals surface area contributed by atoms with E-state index in [0.29, 0.717) is 50.2 Å². The molecule has 1 fully saturated rings. The number of nitrogens with two attached hydrogens (primary N) is 2. The normalized spacial score (nSPS) is 12.9. The van der Waals surface area contributed by atoms with Crippen LogP contribution < -0.4 is 27.4 Å². The average Bonchev–Trinajstić information content (AvgIpc) is 0.955. The van der Waals surface area contributed by atoms with Crippen LogP contribution in [0.4, 0.5) is 22.8 Å². The minimum Gasteiger partial charge on any atom is -0.361 e. The summed E-state index contributed by atoms with van der Waals surface area (Å²) in [6.45, 7) is 0.0307. The molecule has 0 radical (unpaired) electrons. The number of nitro groups is 1. The van der Waals surface area contributed by atoms with Crippen LogP contribution in [0.5, 0.6) is 0 Å². The lowest BCUT2D eigenvalue weighted by Gasteiger charge is -2.25. The van der Waals surface area contributed by atoms with E-state index in [-0.39, 0.29) is 57.4 Å². The first-order valence-electron chi connectivity index (χ1n) is 26.5. The largest absolute Gasteiger partial charge is 0.417 e. The number of amides is 3. The summed E-state index contributed by atoms with van der Waals surface area (Å²) in [5.41, 5.74) is 8.34. The van der Waals surface area contributed by atoms with Gasteiger partial charge in [0.15, 0.2) is 9.50 Å². The Balaban J connectivity index is 0.00000116. The van der Waals surface area contributed by atoms with E-state index in [1.165, 1.54) is 29.9 Å². The molecule has 96 heavy (non-hydrogen) atoms. The third kappa shape index (κ3) is 44.7. The quantitative estimate of drug-likeness (QED) is 0.00573. The maximum atomic E-state index is 12.5. The summed E-state index contributed by atoms with van der Waals surface area (Å²) in [4.78, 5) is 58.8. The van der Waals surface area contributed by atoms with Crippen molar-refractivity contribution >= 4 is 179 Å². The third-order valence-electron chi connectivity index (χ3n) is 11.2. The molecule has 1 aliphatic heterocycles. The number of thiazole rings is 1. The van der Waals surface area contributed by atoms with E-state index in [0.717, 1.165) is 68.4 Å². The number of hydrogen-bond acceptors (Lipinski definition) is 30. The van der Waals surface area contributed by atoms with Gasteiger partial charge in [0.1, 0.15) is 11.6 Å². The number of carbonyl (C=O) groups excluding carboxylic acids is 3. The molecule has 3 amide bonds. The molecule has 0 aliphatic carbocycles. The van der Waals surface area contributed by atoms with Crippen molar-refractivity contribution in [3.63, 3.8) is 0 Å². The molecular weight excluding hydrogens is 1570 g/mol. The highest BCUT2D eigenvalue weighted by Crippen LogP contribution is 2.41. The number of halogens is 4. The molecule has 2 aromatic heterocycles. The lowest BCUT2D eigenvalue weighted by molar-refractivity contribution is -0.485. The van der Waals surface area contributed by atoms with Crippen molar-refractivity contribution in [3.8, 4) is 6.07 Å². The zero-order valence-corrected chi connectivity index (χ0v) is 64.8. The van der Waals surface area contributed by atoms with Gasteiger partial charge in [0, 0.05) is 101 Å². The van der Waals surface area contributed by atoms with Gasteiger partial charge in [0.25, 0.3) is 22.3 Å². The van der Waals surface area contributed by atoms with E-state index in [1.807, 2.05) is 74.7 Å². The Kier molecular flexibility index (Phi) is 46.7. The Bertz CT molecular complexity index is 3390.